The maximum atomic E-state index is 12.8. The van der Waals surface area contributed by atoms with Crippen molar-refractivity contribution < 1.29 is 13.2 Å². The van der Waals surface area contributed by atoms with E-state index in [1.165, 1.54) is 17.8 Å². The van der Waals surface area contributed by atoms with Crippen molar-refractivity contribution in [2.45, 2.75) is 24.5 Å². The van der Waals surface area contributed by atoms with Gasteiger partial charge in [-0.25, -0.2) is 0 Å². The zero-order chi connectivity index (χ0) is 12.2. The molecule has 0 atom stereocenters. The third kappa shape index (κ3) is 3.42. The van der Waals surface area contributed by atoms with Crippen LogP contribution in [0.25, 0.3) is 0 Å². The predicted octanol–water partition coefficient (Wildman–Crippen LogP) is 3.54. The second-order valence-electron chi connectivity index (χ2n) is 3.29. The molecule has 0 aromatic heterocycles. The van der Waals surface area contributed by atoms with E-state index in [0.29, 0.717) is 22.8 Å². The van der Waals surface area contributed by atoms with Crippen LogP contribution in [-0.4, -0.2) is 12.8 Å². The Morgan fingerprint density at radius 3 is 2.50 bits per heavy atom. The summed E-state index contributed by atoms with van der Waals surface area (Å²) >= 11 is 1.22. The first-order chi connectivity index (χ1) is 7.49. The normalized spacial score (nSPS) is 11.8. The number of benzene rings is 1. The smallest absolute Gasteiger partial charge is 0.316 e. The molecule has 1 nitrogen and oxygen atoms in total. The Labute approximate surface area is 97.4 Å². The summed E-state index contributed by atoms with van der Waals surface area (Å²) in [6.45, 7) is 2.28. The maximum absolute atomic E-state index is 12.8. The van der Waals surface area contributed by atoms with Crippen LogP contribution in [0.15, 0.2) is 23.1 Å². The minimum atomic E-state index is -4.28. The van der Waals surface area contributed by atoms with Crippen LogP contribution in [0.5, 0.6) is 0 Å². The molecule has 0 saturated heterocycles. The van der Waals surface area contributed by atoms with E-state index in [1.807, 2.05) is 6.92 Å². The lowest BCUT2D eigenvalue weighted by Gasteiger charge is -2.13. The zero-order valence-electron chi connectivity index (χ0n) is 9.19. The van der Waals surface area contributed by atoms with Crippen LogP contribution in [0, 0.1) is 0 Å². The Morgan fingerprint density at radius 2 is 2.00 bits per heavy atom. The number of rotatable bonds is 4. The molecule has 1 N–H and O–H groups in total. The molecule has 16 heavy (non-hydrogen) atoms. The Morgan fingerprint density at radius 1 is 1.31 bits per heavy atom. The fourth-order valence-electron chi connectivity index (χ4n) is 1.39. The van der Waals surface area contributed by atoms with Gasteiger partial charge in [-0.05, 0) is 30.5 Å². The molecule has 0 fully saturated rings. The van der Waals surface area contributed by atoms with E-state index in [1.54, 1.807) is 19.2 Å². The lowest BCUT2D eigenvalue weighted by atomic mass is 10.1. The summed E-state index contributed by atoms with van der Waals surface area (Å²) in [5.41, 5.74) is 0.113. The highest BCUT2D eigenvalue weighted by molar-refractivity contribution is 7.99. The number of alkyl halides is 3. The average Bonchev–Trinajstić information content (AvgIpc) is 2.19. The molecule has 5 heteroatoms. The van der Waals surface area contributed by atoms with Gasteiger partial charge in [0.25, 0.3) is 0 Å². The standard InChI is InChI=1S/C11H14F3NS/c1-3-16-10-5-4-8(7-15-2)6-9(10)11(12,13)14/h4-6,15H,3,7H2,1-2H3. The van der Waals surface area contributed by atoms with Crippen molar-refractivity contribution in [3.05, 3.63) is 29.3 Å². The predicted molar refractivity (Wildman–Crippen MR) is 60.6 cm³/mol. The number of hydrogen-bond donors (Lipinski definition) is 1. The highest BCUT2D eigenvalue weighted by Crippen LogP contribution is 2.37. The summed E-state index contributed by atoms with van der Waals surface area (Å²) in [6, 6.07) is 4.49. The Bertz CT molecular complexity index is 350. The number of halogens is 3. The van der Waals surface area contributed by atoms with Gasteiger partial charge < -0.3 is 5.32 Å². The van der Waals surface area contributed by atoms with Crippen LogP contribution in [0.1, 0.15) is 18.1 Å². The summed E-state index contributed by atoms with van der Waals surface area (Å²) in [5.74, 6) is 0.633. The number of hydrogen-bond acceptors (Lipinski definition) is 2. The average molecular weight is 249 g/mol. The van der Waals surface area contributed by atoms with Gasteiger partial charge in [0.1, 0.15) is 0 Å². The van der Waals surface area contributed by atoms with E-state index in [4.69, 9.17) is 0 Å². The molecule has 1 aromatic rings. The summed E-state index contributed by atoms with van der Waals surface area (Å²) in [6.07, 6.45) is -4.28. The lowest BCUT2D eigenvalue weighted by molar-refractivity contribution is -0.139. The zero-order valence-corrected chi connectivity index (χ0v) is 10.0. The second-order valence-corrected chi connectivity index (χ2v) is 4.60. The van der Waals surface area contributed by atoms with Gasteiger partial charge in [0.05, 0.1) is 5.56 Å². The molecule has 1 rings (SSSR count). The molecule has 0 spiro atoms. The largest absolute Gasteiger partial charge is 0.417 e. The van der Waals surface area contributed by atoms with E-state index >= 15 is 0 Å². The summed E-state index contributed by atoms with van der Waals surface area (Å²) in [4.78, 5) is 0.301. The minimum absolute atomic E-state index is 0.301. The van der Waals surface area contributed by atoms with E-state index in [2.05, 4.69) is 5.32 Å². The van der Waals surface area contributed by atoms with Crippen LogP contribution >= 0.6 is 11.8 Å². The van der Waals surface area contributed by atoms with E-state index < -0.39 is 11.7 Å². The van der Waals surface area contributed by atoms with Gasteiger partial charge in [0, 0.05) is 11.4 Å². The molecule has 0 aliphatic heterocycles. The van der Waals surface area contributed by atoms with Gasteiger partial charge in [-0.15, -0.1) is 11.8 Å². The van der Waals surface area contributed by atoms with E-state index in [9.17, 15) is 13.2 Å². The molecular formula is C11H14F3NS. The third-order valence-corrected chi connectivity index (χ3v) is 2.99. The monoisotopic (exact) mass is 249 g/mol. The van der Waals surface area contributed by atoms with Gasteiger partial charge in [-0.2, -0.15) is 13.2 Å². The number of nitrogens with one attached hydrogen (secondary N) is 1. The fourth-order valence-corrected chi connectivity index (χ4v) is 2.20. The molecule has 90 valence electrons. The van der Waals surface area contributed by atoms with Crippen molar-refractivity contribution in [3.63, 3.8) is 0 Å². The Balaban J connectivity index is 3.11. The van der Waals surface area contributed by atoms with Crippen LogP contribution in [0.4, 0.5) is 13.2 Å². The van der Waals surface area contributed by atoms with Crippen molar-refractivity contribution in [2.75, 3.05) is 12.8 Å². The maximum Gasteiger partial charge on any atom is 0.417 e. The lowest BCUT2D eigenvalue weighted by Crippen LogP contribution is -2.10. The quantitative estimate of drug-likeness (QED) is 0.819. The second kappa shape index (κ2) is 5.59. The summed E-state index contributed by atoms with van der Waals surface area (Å²) < 4.78 is 38.3. The van der Waals surface area contributed by atoms with Gasteiger partial charge in [0.15, 0.2) is 0 Å². The first kappa shape index (κ1) is 13.4. The molecule has 0 saturated carbocycles. The van der Waals surface area contributed by atoms with Crippen LogP contribution in [0.3, 0.4) is 0 Å². The van der Waals surface area contributed by atoms with Gasteiger partial charge in [-0.3, -0.25) is 0 Å². The highest BCUT2D eigenvalue weighted by atomic mass is 32.2. The molecule has 0 amide bonds. The van der Waals surface area contributed by atoms with Crippen molar-refractivity contribution >= 4 is 11.8 Å². The fraction of sp³-hybridized carbons (Fsp3) is 0.455. The van der Waals surface area contributed by atoms with Crippen LogP contribution < -0.4 is 5.32 Å². The van der Waals surface area contributed by atoms with Gasteiger partial charge >= 0.3 is 6.18 Å². The topological polar surface area (TPSA) is 12.0 Å². The molecule has 1 aromatic carbocycles. The summed E-state index contributed by atoms with van der Waals surface area (Å²) in [5, 5.41) is 2.84. The van der Waals surface area contributed by atoms with Crippen molar-refractivity contribution in [2.24, 2.45) is 0 Å². The van der Waals surface area contributed by atoms with E-state index in [-0.39, 0.29) is 0 Å². The van der Waals surface area contributed by atoms with Crippen molar-refractivity contribution in [1.29, 1.82) is 0 Å². The highest BCUT2D eigenvalue weighted by Gasteiger charge is 2.33. The first-order valence-electron chi connectivity index (χ1n) is 4.96. The van der Waals surface area contributed by atoms with Crippen molar-refractivity contribution in [1.82, 2.24) is 5.32 Å². The molecule has 0 aliphatic carbocycles. The molecule has 0 heterocycles. The Hall–Kier alpha value is -0.680. The molecular weight excluding hydrogens is 235 g/mol. The van der Waals surface area contributed by atoms with Crippen LogP contribution in [-0.2, 0) is 12.7 Å². The first-order valence-corrected chi connectivity index (χ1v) is 5.95. The minimum Gasteiger partial charge on any atom is -0.316 e. The van der Waals surface area contributed by atoms with E-state index in [0.717, 1.165) is 0 Å². The molecule has 0 aliphatic rings. The molecule has 0 bridgehead atoms. The Kier molecular flexibility index (Phi) is 4.68. The summed E-state index contributed by atoms with van der Waals surface area (Å²) in [7, 11) is 1.71. The van der Waals surface area contributed by atoms with Gasteiger partial charge in [0.2, 0.25) is 0 Å². The molecule has 0 unspecified atom stereocenters. The van der Waals surface area contributed by atoms with Crippen molar-refractivity contribution in [3.8, 4) is 0 Å². The number of thioether (sulfide) groups is 1. The van der Waals surface area contributed by atoms with Crippen LogP contribution in [0.2, 0.25) is 0 Å². The third-order valence-electron chi connectivity index (χ3n) is 2.03. The SMILES string of the molecule is CCSc1ccc(CNC)cc1C(F)(F)F. The van der Waals surface area contributed by atoms with Gasteiger partial charge in [-0.1, -0.05) is 13.0 Å². The molecule has 0 radical (unpaired) electrons.